The summed E-state index contributed by atoms with van der Waals surface area (Å²) in [5, 5.41) is 6.53. The van der Waals surface area contributed by atoms with E-state index in [1.165, 1.54) is 6.07 Å². The van der Waals surface area contributed by atoms with Gasteiger partial charge < -0.3 is 9.47 Å². The van der Waals surface area contributed by atoms with E-state index < -0.39 is 10.0 Å². The predicted octanol–water partition coefficient (Wildman–Crippen LogP) is 1.90. The van der Waals surface area contributed by atoms with E-state index in [0.717, 1.165) is 11.8 Å². The first kappa shape index (κ1) is 14.8. The van der Waals surface area contributed by atoms with Gasteiger partial charge in [0.05, 0.1) is 11.5 Å². The zero-order valence-electron chi connectivity index (χ0n) is 11.2. The van der Waals surface area contributed by atoms with Gasteiger partial charge in [-0.15, -0.1) is 0 Å². The smallest absolute Gasteiger partial charge is 0.238 e. The maximum absolute atomic E-state index is 11.6. The number of primary sulfonamides is 1. The first-order chi connectivity index (χ1) is 9.54. The lowest BCUT2D eigenvalue weighted by Crippen LogP contribution is -2.12. The molecule has 0 amide bonds. The topological polar surface area (TPSA) is 78.6 Å². The Bertz CT molecular complexity index is 697. The first-order valence-electron chi connectivity index (χ1n) is 6.20. The number of fused-ring (bicyclic) bond motifs is 1. The fraction of sp³-hybridized carbons (Fsp3) is 0.286. The lowest BCUT2D eigenvalue weighted by atomic mass is 10.1. The summed E-state index contributed by atoms with van der Waals surface area (Å²) in [6, 6.07) is 10.2. The molecular weight excluding hydrogens is 278 g/mol. The molecule has 0 fully saturated rings. The average Bonchev–Trinajstić information content (AvgIpc) is 2.42. The SMILES string of the molecule is COCCCOc1ccc(S(N)(=O)=O)c2ccccc12. The van der Waals surface area contributed by atoms with E-state index in [4.69, 9.17) is 14.6 Å². The molecule has 0 heterocycles. The molecule has 108 valence electrons. The number of rotatable bonds is 6. The van der Waals surface area contributed by atoms with Crippen LogP contribution in [-0.2, 0) is 14.8 Å². The second-order valence-electron chi connectivity index (χ2n) is 4.35. The molecule has 0 bridgehead atoms. The van der Waals surface area contributed by atoms with Crippen molar-refractivity contribution in [3.05, 3.63) is 36.4 Å². The highest BCUT2D eigenvalue weighted by Gasteiger charge is 2.14. The van der Waals surface area contributed by atoms with E-state index in [1.54, 1.807) is 25.3 Å². The van der Waals surface area contributed by atoms with Crippen molar-refractivity contribution in [3.63, 3.8) is 0 Å². The molecule has 0 atom stereocenters. The molecule has 2 rings (SSSR count). The van der Waals surface area contributed by atoms with Gasteiger partial charge in [-0.2, -0.15) is 0 Å². The average molecular weight is 295 g/mol. The van der Waals surface area contributed by atoms with Gasteiger partial charge in [0.25, 0.3) is 0 Å². The zero-order valence-corrected chi connectivity index (χ0v) is 12.0. The number of benzene rings is 2. The van der Waals surface area contributed by atoms with Crippen LogP contribution in [0.2, 0.25) is 0 Å². The molecule has 20 heavy (non-hydrogen) atoms. The van der Waals surface area contributed by atoms with Crippen LogP contribution < -0.4 is 9.88 Å². The molecule has 2 aromatic rings. The summed E-state index contributed by atoms with van der Waals surface area (Å²) in [4.78, 5) is 0.109. The summed E-state index contributed by atoms with van der Waals surface area (Å²) < 4.78 is 33.8. The summed E-state index contributed by atoms with van der Waals surface area (Å²) in [6.07, 6.45) is 0.766. The molecule has 0 aliphatic carbocycles. The Kier molecular flexibility index (Phi) is 4.59. The van der Waals surface area contributed by atoms with Gasteiger partial charge in [-0.25, -0.2) is 13.6 Å². The van der Waals surface area contributed by atoms with Crippen molar-refractivity contribution in [2.24, 2.45) is 5.14 Å². The van der Waals surface area contributed by atoms with Crippen molar-refractivity contribution in [1.82, 2.24) is 0 Å². The Hall–Kier alpha value is -1.63. The monoisotopic (exact) mass is 295 g/mol. The maximum atomic E-state index is 11.6. The number of hydrogen-bond acceptors (Lipinski definition) is 4. The molecule has 0 unspecified atom stereocenters. The minimum absolute atomic E-state index is 0.109. The largest absolute Gasteiger partial charge is 0.493 e. The van der Waals surface area contributed by atoms with Crippen molar-refractivity contribution in [1.29, 1.82) is 0 Å². The fourth-order valence-electron chi connectivity index (χ4n) is 2.00. The standard InChI is InChI=1S/C14H17NO4S/c1-18-9-4-10-19-13-7-8-14(20(15,16)17)12-6-3-2-5-11(12)13/h2-3,5-8H,4,9-10H2,1H3,(H2,15,16,17). The van der Waals surface area contributed by atoms with Gasteiger partial charge in [0, 0.05) is 30.9 Å². The third-order valence-corrected chi connectivity index (χ3v) is 3.87. The summed E-state index contributed by atoms with van der Waals surface area (Å²) in [5.41, 5.74) is 0. The molecule has 0 aromatic heterocycles. The minimum atomic E-state index is -3.75. The van der Waals surface area contributed by atoms with Crippen LogP contribution in [0.25, 0.3) is 10.8 Å². The number of ether oxygens (including phenoxy) is 2. The van der Waals surface area contributed by atoms with Gasteiger partial charge in [-0.3, -0.25) is 0 Å². The summed E-state index contributed by atoms with van der Waals surface area (Å²) in [7, 11) is -2.12. The van der Waals surface area contributed by atoms with Crippen LogP contribution in [0, 0.1) is 0 Å². The van der Waals surface area contributed by atoms with Gasteiger partial charge in [0.2, 0.25) is 10.0 Å². The lowest BCUT2D eigenvalue weighted by molar-refractivity contribution is 0.172. The molecule has 0 aliphatic heterocycles. The lowest BCUT2D eigenvalue weighted by Gasteiger charge is -2.11. The number of nitrogens with two attached hydrogens (primary N) is 1. The second-order valence-corrected chi connectivity index (χ2v) is 5.88. The van der Waals surface area contributed by atoms with Gasteiger partial charge in [-0.1, -0.05) is 24.3 Å². The van der Waals surface area contributed by atoms with E-state index in [0.29, 0.717) is 24.3 Å². The van der Waals surface area contributed by atoms with Crippen LogP contribution in [0.3, 0.4) is 0 Å². The van der Waals surface area contributed by atoms with Crippen LogP contribution in [0.15, 0.2) is 41.3 Å². The van der Waals surface area contributed by atoms with E-state index in [-0.39, 0.29) is 4.90 Å². The molecule has 0 saturated carbocycles. The van der Waals surface area contributed by atoms with Crippen LogP contribution in [0.5, 0.6) is 5.75 Å². The van der Waals surface area contributed by atoms with E-state index in [1.807, 2.05) is 12.1 Å². The molecule has 2 aromatic carbocycles. The number of sulfonamides is 1. The Morgan fingerprint density at radius 1 is 1.05 bits per heavy atom. The highest BCUT2D eigenvalue weighted by Crippen LogP contribution is 2.30. The van der Waals surface area contributed by atoms with Gasteiger partial charge in [-0.05, 0) is 12.1 Å². The third kappa shape index (κ3) is 3.27. The Labute approximate surface area is 118 Å². The summed E-state index contributed by atoms with van der Waals surface area (Å²) in [5.74, 6) is 0.643. The van der Waals surface area contributed by atoms with Crippen molar-refractivity contribution >= 4 is 20.8 Å². The Morgan fingerprint density at radius 3 is 2.40 bits per heavy atom. The van der Waals surface area contributed by atoms with E-state index in [9.17, 15) is 8.42 Å². The molecule has 0 spiro atoms. The van der Waals surface area contributed by atoms with Crippen molar-refractivity contribution in [2.45, 2.75) is 11.3 Å². The number of hydrogen-bond donors (Lipinski definition) is 1. The minimum Gasteiger partial charge on any atom is -0.493 e. The quantitative estimate of drug-likeness (QED) is 0.826. The Morgan fingerprint density at radius 2 is 1.75 bits per heavy atom. The summed E-state index contributed by atoms with van der Waals surface area (Å²) >= 11 is 0. The normalized spacial score (nSPS) is 11.7. The van der Waals surface area contributed by atoms with Gasteiger partial charge >= 0.3 is 0 Å². The Balaban J connectivity index is 2.39. The van der Waals surface area contributed by atoms with E-state index in [2.05, 4.69) is 0 Å². The molecule has 2 N–H and O–H groups in total. The van der Waals surface area contributed by atoms with E-state index >= 15 is 0 Å². The molecular formula is C14H17NO4S. The van der Waals surface area contributed by atoms with Crippen molar-refractivity contribution < 1.29 is 17.9 Å². The van der Waals surface area contributed by atoms with Crippen molar-refractivity contribution in [2.75, 3.05) is 20.3 Å². The predicted molar refractivity (Wildman–Crippen MR) is 77.3 cm³/mol. The van der Waals surface area contributed by atoms with Crippen molar-refractivity contribution in [3.8, 4) is 5.75 Å². The zero-order chi connectivity index (χ0) is 14.6. The van der Waals surface area contributed by atoms with Crippen LogP contribution in [-0.4, -0.2) is 28.7 Å². The molecule has 0 aliphatic rings. The van der Waals surface area contributed by atoms with Crippen LogP contribution in [0.4, 0.5) is 0 Å². The molecule has 6 heteroatoms. The first-order valence-corrected chi connectivity index (χ1v) is 7.75. The highest BCUT2D eigenvalue weighted by molar-refractivity contribution is 7.89. The summed E-state index contributed by atoms with van der Waals surface area (Å²) in [6.45, 7) is 1.12. The van der Waals surface area contributed by atoms with Gasteiger partial charge in [0.1, 0.15) is 5.75 Å². The third-order valence-electron chi connectivity index (χ3n) is 2.90. The second kappa shape index (κ2) is 6.21. The van der Waals surface area contributed by atoms with Crippen LogP contribution in [0.1, 0.15) is 6.42 Å². The highest BCUT2D eigenvalue weighted by atomic mass is 32.2. The van der Waals surface area contributed by atoms with Crippen LogP contribution >= 0.6 is 0 Å². The number of methoxy groups -OCH3 is 1. The molecule has 5 nitrogen and oxygen atoms in total. The molecule has 0 radical (unpaired) electrons. The maximum Gasteiger partial charge on any atom is 0.238 e. The molecule has 0 saturated heterocycles. The fourth-order valence-corrected chi connectivity index (χ4v) is 2.75. The van der Waals surface area contributed by atoms with Gasteiger partial charge in [0.15, 0.2) is 0 Å².